The molecule has 1 amide bonds. The molecule has 0 saturated heterocycles. The average molecular weight is 284 g/mol. The maximum absolute atomic E-state index is 11.1. The number of hydrogen-bond donors (Lipinski definition) is 4. The number of halogens is 1. The Morgan fingerprint density at radius 2 is 1.93 bits per heavy atom. The lowest BCUT2D eigenvalue weighted by Crippen LogP contribution is -2.43. The molecule has 0 aliphatic heterocycles. The largest absolute Gasteiger partial charge is 0.394 e. The zero-order valence-corrected chi connectivity index (χ0v) is 10.1. The van der Waals surface area contributed by atoms with Crippen LogP contribution in [0.25, 0.3) is 0 Å². The third-order valence-corrected chi connectivity index (χ3v) is 2.49. The number of unbranched alkanes of at least 4 members (excludes halogenated alkanes) is 2. The molecule has 15 heavy (non-hydrogen) atoms. The van der Waals surface area contributed by atoms with Crippen LogP contribution in [0.1, 0.15) is 19.3 Å². The van der Waals surface area contributed by atoms with Gasteiger partial charge in [-0.1, -0.05) is 22.4 Å². The minimum atomic E-state index is -1.55. The third-order valence-electron chi connectivity index (χ3n) is 1.93. The summed E-state index contributed by atoms with van der Waals surface area (Å²) in [4.78, 5) is 11.1. The van der Waals surface area contributed by atoms with Gasteiger partial charge in [0, 0.05) is 11.9 Å². The number of alkyl halides is 1. The number of rotatable bonds is 8. The van der Waals surface area contributed by atoms with Gasteiger partial charge in [-0.25, -0.2) is 0 Å². The molecule has 6 heteroatoms. The maximum Gasteiger partial charge on any atom is 0.251 e. The summed E-state index contributed by atoms with van der Waals surface area (Å²) in [7, 11) is 0. The Balaban J connectivity index is 3.56. The molecule has 2 unspecified atom stereocenters. The van der Waals surface area contributed by atoms with Crippen molar-refractivity contribution in [2.45, 2.75) is 31.5 Å². The van der Waals surface area contributed by atoms with Crippen LogP contribution in [-0.4, -0.2) is 51.9 Å². The lowest BCUT2D eigenvalue weighted by atomic mass is 10.2. The lowest BCUT2D eigenvalue weighted by molar-refractivity contribution is -0.136. The molecule has 0 aliphatic rings. The van der Waals surface area contributed by atoms with E-state index in [4.69, 9.17) is 15.3 Å². The summed E-state index contributed by atoms with van der Waals surface area (Å²) in [6.45, 7) is -0.154. The monoisotopic (exact) mass is 283 g/mol. The molecule has 0 aliphatic carbocycles. The molecule has 0 saturated carbocycles. The fraction of sp³-hybridized carbons (Fsp3) is 0.889. The van der Waals surface area contributed by atoms with Crippen molar-refractivity contribution in [2.75, 3.05) is 18.5 Å². The van der Waals surface area contributed by atoms with Crippen molar-refractivity contribution in [3.8, 4) is 0 Å². The van der Waals surface area contributed by atoms with E-state index >= 15 is 0 Å². The number of carbonyl (C=O) groups is 1. The molecule has 4 N–H and O–H groups in total. The van der Waals surface area contributed by atoms with E-state index in [0.29, 0.717) is 6.54 Å². The molecular formula is C9H18BrNO4. The summed E-state index contributed by atoms with van der Waals surface area (Å²) < 4.78 is 0. The average Bonchev–Trinajstić information content (AvgIpc) is 2.26. The molecule has 0 rings (SSSR count). The topological polar surface area (TPSA) is 89.8 Å². The highest BCUT2D eigenvalue weighted by molar-refractivity contribution is 9.09. The van der Waals surface area contributed by atoms with E-state index in [1.807, 2.05) is 0 Å². The van der Waals surface area contributed by atoms with E-state index < -0.39 is 24.7 Å². The number of aliphatic hydroxyl groups excluding tert-OH is 3. The van der Waals surface area contributed by atoms with Gasteiger partial charge < -0.3 is 20.6 Å². The fourth-order valence-corrected chi connectivity index (χ4v) is 1.38. The zero-order valence-electron chi connectivity index (χ0n) is 8.53. The molecule has 0 aromatic rings. The predicted octanol–water partition coefficient (Wildman–Crippen LogP) is -0.618. The highest BCUT2D eigenvalue weighted by atomic mass is 79.9. The van der Waals surface area contributed by atoms with Gasteiger partial charge in [-0.2, -0.15) is 0 Å². The fourth-order valence-electron chi connectivity index (χ4n) is 0.987. The first-order valence-corrected chi connectivity index (χ1v) is 6.06. The van der Waals surface area contributed by atoms with Crippen LogP contribution in [0.2, 0.25) is 0 Å². The second-order valence-electron chi connectivity index (χ2n) is 3.24. The molecule has 2 atom stereocenters. The molecular weight excluding hydrogens is 266 g/mol. The van der Waals surface area contributed by atoms with Crippen molar-refractivity contribution in [1.29, 1.82) is 0 Å². The quantitative estimate of drug-likeness (QED) is 0.353. The van der Waals surface area contributed by atoms with Gasteiger partial charge in [-0.05, 0) is 12.8 Å². The summed E-state index contributed by atoms with van der Waals surface area (Å²) in [6.07, 6.45) is -0.0973. The number of amides is 1. The van der Waals surface area contributed by atoms with Gasteiger partial charge in [0.15, 0.2) is 6.10 Å². The van der Waals surface area contributed by atoms with Crippen molar-refractivity contribution >= 4 is 21.8 Å². The molecule has 0 radical (unpaired) electrons. The van der Waals surface area contributed by atoms with Gasteiger partial charge in [0.1, 0.15) is 6.10 Å². The standard InChI is InChI=1S/C9H18BrNO4/c10-4-2-1-3-5-11-9(15)8(14)7(13)6-12/h7-8,12-14H,1-6H2,(H,11,15). The first-order valence-electron chi connectivity index (χ1n) is 4.94. The van der Waals surface area contributed by atoms with Crippen molar-refractivity contribution in [3.05, 3.63) is 0 Å². The van der Waals surface area contributed by atoms with Crippen LogP contribution < -0.4 is 5.32 Å². The second-order valence-corrected chi connectivity index (χ2v) is 4.03. The van der Waals surface area contributed by atoms with Crippen LogP contribution in [0.3, 0.4) is 0 Å². The van der Waals surface area contributed by atoms with Crippen LogP contribution in [0.4, 0.5) is 0 Å². The van der Waals surface area contributed by atoms with Crippen molar-refractivity contribution in [2.24, 2.45) is 0 Å². The van der Waals surface area contributed by atoms with Crippen molar-refractivity contribution in [1.82, 2.24) is 5.32 Å². The van der Waals surface area contributed by atoms with Crippen molar-refractivity contribution in [3.63, 3.8) is 0 Å². The van der Waals surface area contributed by atoms with Gasteiger partial charge >= 0.3 is 0 Å². The lowest BCUT2D eigenvalue weighted by Gasteiger charge is -2.14. The Kier molecular flexibility index (Phi) is 8.98. The smallest absolute Gasteiger partial charge is 0.251 e. The normalized spacial score (nSPS) is 14.7. The maximum atomic E-state index is 11.1. The number of nitrogens with one attached hydrogen (secondary N) is 1. The summed E-state index contributed by atoms with van der Waals surface area (Å²) in [5, 5.41) is 30.0. The van der Waals surface area contributed by atoms with Crippen LogP contribution >= 0.6 is 15.9 Å². The van der Waals surface area contributed by atoms with Crippen LogP contribution in [0.15, 0.2) is 0 Å². The molecule has 0 aromatic heterocycles. The van der Waals surface area contributed by atoms with Gasteiger partial charge in [0.05, 0.1) is 6.61 Å². The Bertz CT molecular complexity index is 179. The summed E-state index contributed by atoms with van der Waals surface area (Å²) in [5.74, 6) is -0.643. The van der Waals surface area contributed by atoms with Crippen molar-refractivity contribution < 1.29 is 20.1 Å². The van der Waals surface area contributed by atoms with Gasteiger partial charge in [-0.3, -0.25) is 4.79 Å². The predicted molar refractivity (Wildman–Crippen MR) is 59.8 cm³/mol. The Morgan fingerprint density at radius 3 is 2.47 bits per heavy atom. The molecule has 0 spiro atoms. The Hall–Kier alpha value is -0.170. The molecule has 0 fully saturated rings. The van der Waals surface area contributed by atoms with Crippen LogP contribution in [-0.2, 0) is 4.79 Å². The van der Waals surface area contributed by atoms with E-state index in [1.54, 1.807) is 0 Å². The molecule has 0 bridgehead atoms. The summed E-state index contributed by atoms with van der Waals surface area (Å²) in [6, 6.07) is 0. The van der Waals surface area contributed by atoms with Crippen LogP contribution in [0, 0.1) is 0 Å². The van der Waals surface area contributed by atoms with E-state index in [2.05, 4.69) is 21.2 Å². The van der Waals surface area contributed by atoms with Gasteiger partial charge in [-0.15, -0.1) is 0 Å². The van der Waals surface area contributed by atoms with Gasteiger partial charge in [0.25, 0.3) is 5.91 Å². The number of aliphatic hydroxyl groups is 3. The van der Waals surface area contributed by atoms with Gasteiger partial charge in [0.2, 0.25) is 0 Å². The van der Waals surface area contributed by atoms with Crippen LogP contribution in [0.5, 0.6) is 0 Å². The SMILES string of the molecule is O=C(NCCCCCBr)C(O)C(O)CO. The Labute approximate surface area is 97.6 Å². The molecule has 5 nitrogen and oxygen atoms in total. The molecule has 0 heterocycles. The summed E-state index contributed by atoms with van der Waals surface area (Å²) >= 11 is 3.29. The minimum absolute atomic E-state index is 0.473. The minimum Gasteiger partial charge on any atom is -0.394 e. The van der Waals surface area contributed by atoms with E-state index in [0.717, 1.165) is 24.6 Å². The molecule has 90 valence electrons. The molecule has 0 aromatic carbocycles. The first-order chi connectivity index (χ1) is 7.13. The van der Waals surface area contributed by atoms with E-state index in [-0.39, 0.29) is 0 Å². The summed E-state index contributed by atoms with van der Waals surface area (Å²) in [5.41, 5.74) is 0. The second kappa shape index (κ2) is 9.08. The first kappa shape index (κ1) is 14.8. The number of carbonyl (C=O) groups excluding carboxylic acids is 1. The van der Waals surface area contributed by atoms with E-state index in [9.17, 15) is 4.79 Å². The van der Waals surface area contributed by atoms with E-state index in [1.165, 1.54) is 0 Å². The highest BCUT2D eigenvalue weighted by Gasteiger charge is 2.22. The third kappa shape index (κ3) is 6.83. The zero-order chi connectivity index (χ0) is 11.7. The Morgan fingerprint density at radius 1 is 1.27 bits per heavy atom. The number of hydrogen-bond acceptors (Lipinski definition) is 4. The highest BCUT2D eigenvalue weighted by Crippen LogP contribution is 1.98.